The van der Waals surface area contributed by atoms with Crippen LogP contribution < -0.4 is 0 Å². The largest absolute Gasteiger partial charge is 0.229 e. The van der Waals surface area contributed by atoms with Gasteiger partial charge in [-0.1, -0.05) is 0 Å². The predicted octanol–water partition coefficient (Wildman–Crippen LogP) is -0.403. The monoisotopic (exact) mass is 253 g/mol. The number of nitrogens with zero attached hydrogens (tertiary/aromatic N) is 1. The van der Waals surface area contributed by atoms with Crippen LogP contribution in [-0.2, 0) is 19.9 Å². The molecular weight excluding hydrogens is 238 g/mol. The van der Waals surface area contributed by atoms with Gasteiger partial charge >= 0.3 is 0 Å². The molecule has 0 aromatic heterocycles. The molecule has 1 saturated heterocycles. The second-order valence-corrected chi connectivity index (χ2v) is 8.50. The van der Waals surface area contributed by atoms with Crippen molar-refractivity contribution in [3.8, 4) is 0 Å². The summed E-state index contributed by atoms with van der Waals surface area (Å²) in [5.74, 6) is 0.118. The predicted molar refractivity (Wildman–Crippen MR) is 56.8 cm³/mol. The zero-order valence-electron chi connectivity index (χ0n) is 8.59. The van der Waals surface area contributed by atoms with Gasteiger partial charge in [0.25, 0.3) is 0 Å². The average molecular weight is 253 g/mol. The highest BCUT2D eigenvalue weighted by Crippen LogP contribution is 2.33. The number of rotatable bonds is 3. The molecule has 1 atom stereocenters. The Bertz CT molecular complexity index is 449. The SMILES string of the molecule is CS(=O)(=O)N(C1CC1)C1CCS(=O)(=O)C1. The normalized spacial score (nSPS) is 30.9. The van der Waals surface area contributed by atoms with Gasteiger partial charge in [-0.25, -0.2) is 16.8 Å². The fourth-order valence-electron chi connectivity index (χ4n) is 2.14. The molecule has 0 aromatic rings. The Morgan fingerprint density at radius 2 is 1.73 bits per heavy atom. The van der Waals surface area contributed by atoms with Crippen LogP contribution in [0, 0.1) is 0 Å². The highest BCUT2D eigenvalue weighted by Gasteiger charge is 2.43. The van der Waals surface area contributed by atoms with Crippen molar-refractivity contribution in [3.05, 3.63) is 0 Å². The topological polar surface area (TPSA) is 71.5 Å². The zero-order chi connectivity index (χ0) is 11.3. The van der Waals surface area contributed by atoms with Crippen LogP contribution in [0.3, 0.4) is 0 Å². The number of hydrogen-bond acceptors (Lipinski definition) is 4. The lowest BCUT2D eigenvalue weighted by atomic mass is 10.2. The summed E-state index contributed by atoms with van der Waals surface area (Å²) < 4.78 is 47.1. The van der Waals surface area contributed by atoms with Gasteiger partial charge in [0, 0.05) is 12.1 Å². The summed E-state index contributed by atoms with van der Waals surface area (Å²) >= 11 is 0. The molecule has 0 amide bonds. The Balaban J connectivity index is 2.21. The minimum atomic E-state index is -3.27. The average Bonchev–Trinajstić information content (AvgIpc) is 2.75. The molecule has 0 N–H and O–H groups in total. The lowest BCUT2D eigenvalue weighted by Gasteiger charge is -2.25. The van der Waals surface area contributed by atoms with E-state index in [9.17, 15) is 16.8 Å². The van der Waals surface area contributed by atoms with E-state index in [1.54, 1.807) is 0 Å². The van der Waals surface area contributed by atoms with E-state index in [1.807, 2.05) is 0 Å². The molecule has 1 heterocycles. The maximum absolute atomic E-state index is 11.5. The molecule has 2 fully saturated rings. The first kappa shape index (κ1) is 11.3. The van der Waals surface area contributed by atoms with Crippen molar-refractivity contribution in [1.82, 2.24) is 4.31 Å². The number of sulfone groups is 1. The maximum atomic E-state index is 11.5. The van der Waals surface area contributed by atoms with E-state index in [1.165, 1.54) is 4.31 Å². The molecule has 0 bridgehead atoms. The molecule has 0 radical (unpaired) electrons. The van der Waals surface area contributed by atoms with E-state index in [0.717, 1.165) is 19.1 Å². The van der Waals surface area contributed by atoms with Gasteiger partial charge in [0.2, 0.25) is 10.0 Å². The molecular formula is C8H15NO4S2. The molecule has 0 spiro atoms. The van der Waals surface area contributed by atoms with Crippen molar-refractivity contribution in [2.75, 3.05) is 17.8 Å². The van der Waals surface area contributed by atoms with Crippen molar-refractivity contribution < 1.29 is 16.8 Å². The summed E-state index contributed by atoms with van der Waals surface area (Å²) in [6.45, 7) is 0. The van der Waals surface area contributed by atoms with E-state index < -0.39 is 19.9 Å². The molecule has 0 aromatic carbocycles. The highest BCUT2D eigenvalue weighted by molar-refractivity contribution is 7.92. The van der Waals surface area contributed by atoms with Crippen LogP contribution in [0.5, 0.6) is 0 Å². The molecule has 1 aliphatic heterocycles. The molecule has 7 heteroatoms. The van der Waals surface area contributed by atoms with E-state index in [-0.39, 0.29) is 23.6 Å². The molecule has 2 aliphatic rings. The van der Waals surface area contributed by atoms with E-state index in [4.69, 9.17) is 0 Å². The summed E-state index contributed by atoms with van der Waals surface area (Å²) in [6, 6.07) is -0.268. The molecule has 2 rings (SSSR count). The second-order valence-electron chi connectivity index (χ2n) is 4.38. The van der Waals surface area contributed by atoms with Gasteiger partial charge in [-0.3, -0.25) is 0 Å². The van der Waals surface area contributed by atoms with E-state index in [2.05, 4.69) is 0 Å². The molecule has 15 heavy (non-hydrogen) atoms. The van der Waals surface area contributed by atoms with Crippen molar-refractivity contribution in [1.29, 1.82) is 0 Å². The Hall–Kier alpha value is -0.140. The zero-order valence-corrected chi connectivity index (χ0v) is 10.2. The lowest BCUT2D eigenvalue weighted by Crippen LogP contribution is -2.41. The fraction of sp³-hybridized carbons (Fsp3) is 1.00. The van der Waals surface area contributed by atoms with Crippen LogP contribution in [0.2, 0.25) is 0 Å². The first-order chi connectivity index (χ1) is 6.80. The van der Waals surface area contributed by atoms with Crippen LogP contribution in [0.4, 0.5) is 0 Å². The van der Waals surface area contributed by atoms with Crippen LogP contribution in [-0.4, -0.2) is 51.0 Å². The summed E-state index contributed by atoms with van der Waals surface area (Å²) in [7, 11) is -6.28. The first-order valence-electron chi connectivity index (χ1n) is 4.98. The Labute approximate surface area is 90.4 Å². The van der Waals surface area contributed by atoms with Gasteiger partial charge in [-0.2, -0.15) is 4.31 Å². The van der Waals surface area contributed by atoms with Gasteiger partial charge in [0.05, 0.1) is 17.8 Å². The standard InChI is InChI=1S/C8H15NO4S2/c1-14(10,11)9(7-2-3-7)8-4-5-15(12,13)6-8/h7-8H,2-6H2,1H3. The second kappa shape index (κ2) is 3.43. The number of sulfonamides is 1. The number of hydrogen-bond donors (Lipinski definition) is 0. The Kier molecular flexibility index (Phi) is 2.59. The third kappa shape index (κ3) is 2.51. The fourth-order valence-corrected chi connectivity index (χ4v) is 5.42. The quantitative estimate of drug-likeness (QED) is 0.686. The smallest absolute Gasteiger partial charge is 0.211 e. The molecule has 1 unspecified atom stereocenters. The summed E-state index contributed by atoms with van der Waals surface area (Å²) in [4.78, 5) is 0. The molecule has 5 nitrogen and oxygen atoms in total. The van der Waals surface area contributed by atoms with Crippen LogP contribution in [0.25, 0.3) is 0 Å². The first-order valence-corrected chi connectivity index (χ1v) is 8.65. The molecule has 1 saturated carbocycles. The third-order valence-corrected chi connectivity index (χ3v) is 5.97. The van der Waals surface area contributed by atoms with Gasteiger partial charge in [0.15, 0.2) is 9.84 Å². The van der Waals surface area contributed by atoms with E-state index in [0.29, 0.717) is 6.42 Å². The van der Waals surface area contributed by atoms with Crippen molar-refractivity contribution in [2.24, 2.45) is 0 Å². The van der Waals surface area contributed by atoms with Crippen LogP contribution >= 0.6 is 0 Å². The van der Waals surface area contributed by atoms with Gasteiger partial charge in [0.1, 0.15) is 0 Å². The van der Waals surface area contributed by atoms with Crippen molar-refractivity contribution in [3.63, 3.8) is 0 Å². The Morgan fingerprint density at radius 1 is 1.13 bits per heavy atom. The van der Waals surface area contributed by atoms with Crippen molar-refractivity contribution in [2.45, 2.75) is 31.3 Å². The maximum Gasteiger partial charge on any atom is 0.211 e. The van der Waals surface area contributed by atoms with Crippen LogP contribution in [0.1, 0.15) is 19.3 Å². The minimum absolute atomic E-state index is 0.00340. The van der Waals surface area contributed by atoms with Gasteiger partial charge < -0.3 is 0 Å². The third-order valence-electron chi connectivity index (χ3n) is 2.86. The van der Waals surface area contributed by atoms with Crippen molar-refractivity contribution >= 4 is 19.9 Å². The molecule has 1 aliphatic carbocycles. The molecule has 88 valence electrons. The summed E-state index contributed by atoms with van der Waals surface area (Å²) in [5, 5.41) is 0. The van der Waals surface area contributed by atoms with Gasteiger partial charge in [-0.05, 0) is 19.3 Å². The summed E-state index contributed by atoms with van der Waals surface area (Å²) in [6.07, 6.45) is 3.34. The Morgan fingerprint density at radius 3 is 2.07 bits per heavy atom. The minimum Gasteiger partial charge on any atom is -0.229 e. The highest BCUT2D eigenvalue weighted by atomic mass is 32.2. The lowest BCUT2D eigenvalue weighted by molar-refractivity contribution is 0.335. The summed E-state index contributed by atoms with van der Waals surface area (Å²) in [5.41, 5.74) is 0. The van der Waals surface area contributed by atoms with E-state index >= 15 is 0 Å². The van der Waals surface area contributed by atoms with Crippen LogP contribution in [0.15, 0.2) is 0 Å². The van der Waals surface area contributed by atoms with Gasteiger partial charge in [-0.15, -0.1) is 0 Å².